The molecule has 0 saturated carbocycles. The molecule has 11 heavy (non-hydrogen) atoms. The predicted octanol–water partition coefficient (Wildman–Crippen LogP) is 1.32. The predicted molar refractivity (Wildman–Crippen MR) is 49.1 cm³/mol. The summed E-state index contributed by atoms with van der Waals surface area (Å²) in [5.74, 6) is 0.721. The monoisotopic (exact) mass is 179 g/mol. The summed E-state index contributed by atoms with van der Waals surface area (Å²) in [5.41, 5.74) is 0. The van der Waals surface area contributed by atoms with Gasteiger partial charge in [0.25, 0.3) is 0 Å². The summed E-state index contributed by atoms with van der Waals surface area (Å²) in [6.07, 6.45) is 1.69. The first-order valence-electron chi connectivity index (χ1n) is 4.09. The molecule has 68 valence electrons. The van der Waals surface area contributed by atoms with E-state index in [1.54, 1.807) is 0 Å². The molecule has 0 heterocycles. The molecule has 0 bridgehead atoms. The summed E-state index contributed by atoms with van der Waals surface area (Å²) >= 11 is 5.53. The maximum absolute atomic E-state index is 8.97. The van der Waals surface area contributed by atoms with Crippen LogP contribution < -0.4 is 0 Å². The molecule has 0 aromatic carbocycles. The van der Waals surface area contributed by atoms with Crippen molar-refractivity contribution in [3.8, 4) is 0 Å². The third-order valence-electron chi connectivity index (χ3n) is 1.60. The van der Waals surface area contributed by atoms with Gasteiger partial charge in [0.2, 0.25) is 0 Å². The zero-order valence-corrected chi connectivity index (χ0v) is 8.14. The average molecular weight is 180 g/mol. The van der Waals surface area contributed by atoms with Crippen LogP contribution in [0, 0.1) is 0 Å². The Morgan fingerprint density at radius 2 is 2.09 bits per heavy atom. The summed E-state index contributed by atoms with van der Waals surface area (Å²) in [6, 6.07) is 0. The molecule has 0 saturated heterocycles. The second kappa shape index (κ2) is 6.89. The zero-order valence-electron chi connectivity index (χ0n) is 7.39. The topological polar surface area (TPSA) is 23.5 Å². The molecule has 1 atom stereocenters. The maximum Gasteiger partial charge on any atom is 0.0524 e. The highest BCUT2D eigenvalue weighted by molar-refractivity contribution is 6.17. The Morgan fingerprint density at radius 1 is 1.45 bits per heavy atom. The molecule has 0 aliphatic carbocycles. The molecule has 0 amide bonds. The smallest absolute Gasteiger partial charge is 0.0524 e. The highest BCUT2D eigenvalue weighted by Gasteiger charge is 1.99. The first-order chi connectivity index (χ1) is 5.16. The zero-order chi connectivity index (χ0) is 8.69. The molecule has 0 radical (unpaired) electrons. The summed E-state index contributed by atoms with van der Waals surface area (Å²) in [4.78, 5) is 2.19. The van der Waals surface area contributed by atoms with E-state index in [2.05, 4.69) is 11.9 Å². The van der Waals surface area contributed by atoms with Crippen LogP contribution in [0.4, 0.5) is 0 Å². The average Bonchev–Trinajstić information content (AvgIpc) is 1.97. The normalized spacial score (nSPS) is 13.9. The van der Waals surface area contributed by atoms with Gasteiger partial charge in [0.1, 0.15) is 0 Å². The van der Waals surface area contributed by atoms with E-state index in [0.29, 0.717) is 0 Å². The molecule has 0 aliphatic rings. The number of halogens is 1. The van der Waals surface area contributed by atoms with Crippen molar-refractivity contribution in [2.24, 2.45) is 0 Å². The lowest BCUT2D eigenvalue weighted by Gasteiger charge is -2.16. The molecule has 1 N–H and O–H groups in total. The van der Waals surface area contributed by atoms with Crippen LogP contribution in [0.1, 0.15) is 19.8 Å². The summed E-state index contributed by atoms with van der Waals surface area (Å²) < 4.78 is 0. The van der Waals surface area contributed by atoms with Gasteiger partial charge >= 0.3 is 0 Å². The second-order valence-electron chi connectivity index (χ2n) is 2.98. The number of aliphatic hydroxyl groups is 1. The van der Waals surface area contributed by atoms with Crippen LogP contribution in [0.25, 0.3) is 0 Å². The lowest BCUT2D eigenvalue weighted by Crippen LogP contribution is -2.23. The SMILES string of the molecule is CC(O)CCN(C)CCCCl. The van der Waals surface area contributed by atoms with E-state index < -0.39 is 0 Å². The number of rotatable bonds is 6. The molecule has 3 heteroatoms. The largest absolute Gasteiger partial charge is 0.393 e. The van der Waals surface area contributed by atoms with E-state index in [1.165, 1.54) is 0 Å². The minimum Gasteiger partial charge on any atom is -0.393 e. The van der Waals surface area contributed by atoms with Crippen LogP contribution in [-0.4, -0.2) is 42.1 Å². The van der Waals surface area contributed by atoms with Gasteiger partial charge < -0.3 is 10.0 Å². The molecule has 0 fully saturated rings. The van der Waals surface area contributed by atoms with Crippen LogP contribution in [0.2, 0.25) is 0 Å². The van der Waals surface area contributed by atoms with Crippen LogP contribution in [0.5, 0.6) is 0 Å². The van der Waals surface area contributed by atoms with Crippen molar-refractivity contribution in [3.63, 3.8) is 0 Å². The Morgan fingerprint density at radius 3 is 2.55 bits per heavy atom. The van der Waals surface area contributed by atoms with Gasteiger partial charge in [0.15, 0.2) is 0 Å². The molecule has 1 unspecified atom stereocenters. The summed E-state index contributed by atoms with van der Waals surface area (Å²) in [5, 5.41) is 8.97. The number of alkyl halides is 1. The van der Waals surface area contributed by atoms with Gasteiger partial charge in [0.05, 0.1) is 6.10 Å². The van der Waals surface area contributed by atoms with Crippen molar-refractivity contribution in [1.29, 1.82) is 0 Å². The lowest BCUT2D eigenvalue weighted by molar-refractivity contribution is 0.164. The van der Waals surface area contributed by atoms with Crippen molar-refractivity contribution < 1.29 is 5.11 Å². The molecule has 0 aromatic rings. The van der Waals surface area contributed by atoms with Gasteiger partial charge in [-0.15, -0.1) is 11.6 Å². The number of nitrogens with zero attached hydrogens (tertiary/aromatic N) is 1. The first-order valence-corrected chi connectivity index (χ1v) is 4.63. The van der Waals surface area contributed by atoms with Crippen molar-refractivity contribution in [2.75, 3.05) is 26.0 Å². The van der Waals surface area contributed by atoms with Gasteiger partial charge in [-0.3, -0.25) is 0 Å². The van der Waals surface area contributed by atoms with Crippen molar-refractivity contribution in [2.45, 2.75) is 25.9 Å². The second-order valence-corrected chi connectivity index (χ2v) is 3.36. The van der Waals surface area contributed by atoms with Crippen LogP contribution in [0.15, 0.2) is 0 Å². The molecule has 0 spiro atoms. The van der Waals surface area contributed by atoms with Gasteiger partial charge in [-0.2, -0.15) is 0 Å². The van der Waals surface area contributed by atoms with Crippen molar-refractivity contribution >= 4 is 11.6 Å². The Hall–Kier alpha value is 0.210. The highest BCUT2D eigenvalue weighted by atomic mass is 35.5. The third-order valence-corrected chi connectivity index (χ3v) is 1.87. The molecule has 0 aliphatic heterocycles. The fourth-order valence-electron chi connectivity index (χ4n) is 0.849. The van der Waals surface area contributed by atoms with Gasteiger partial charge in [-0.1, -0.05) is 0 Å². The first kappa shape index (κ1) is 11.2. The van der Waals surface area contributed by atoms with Crippen LogP contribution in [-0.2, 0) is 0 Å². The van der Waals surface area contributed by atoms with Gasteiger partial charge in [0, 0.05) is 12.4 Å². The standard InChI is InChI=1S/C8H18ClNO/c1-8(11)4-7-10(2)6-3-5-9/h8,11H,3-7H2,1-2H3. The van der Waals surface area contributed by atoms with Crippen LogP contribution >= 0.6 is 11.6 Å². The van der Waals surface area contributed by atoms with E-state index >= 15 is 0 Å². The van der Waals surface area contributed by atoms with Crippen molar-refractivity contribution in [1.82, 2.24) is 4.90 Å². The number of hydrogen-bond donors (Lipinski definition) is 1. The van der Waals surface area contributed by atoms with E-state index in [9.17, 15) is 0 Å². The Labute approximate surface area is 74.2 Å². The lowest BCUT2D eigenvalue weighted by atomic mass is 10.3. The van der Waals surface area contributed by atoms with E-state index in [1.807, 2.05) is 6.92 Å². The fourth-order valence-corrected chi connectivity index (χ4v) is 0.968. The van der Waals surface area contributed by atoms with Crippen LogP contribution in [0.3, 0.4) is 0 Å². The number of hydrogen-bond acceptors (Lipinski definition) is 2. The molecule has 2 nitrogen and oxygen atoms in total. The van der Waals surface area contributed by atoms with E-state index in [4.69, 9.17) is 16.7 Å². The van der Waals surface area contributed by atoms with Crippen molar-refractivity contribution in [3.05, 3.63) is 0 Å². The van der Waals surface area contributed by atoms with Gasteiger partial charge in [-0.25, -0.2) is 0 Å². The minimum absolute atomic E-state index is 0.187. The Bertz CT molecular complexity index is 88.2. The maximum atomic E-state index is 8.97. The minimum atomic E-state index is -0.187. The molecular weight excluding hydrogens is 162 g/mol. The summed E-state index contributed by atoms with van der Waals surface area (Å²) in [7, 11) is 2.05. The molecule has 0 aromatic heterocycles. The van der Waals surface area contributed by atoms with E-state index in [0.717, 1.165) is 31.8 Å². The Balaban J connectivity index is 3.15. The molecule has 0 rings (SSSR count). The fraction of sp³-hybridized carbons (Fsp3) is 1.00. The van der Waals surface area contributed by atoms with Gasteiger partial charge in [-0.05, 0) is 33.4 Å². The summed E-state index contributed by atoms with van der Waals surface area (Å²) in [6.45, 7) is 3.79. The quantitative estimate of drug-likeness (QED) is 0.622. The molecular formula is C8H18ClNO. The van der Waals surface area contributed by atoms with E-state index in [-0.39, 0.29) is 6.10 Å². The highest BCUT2D eigenvalue weighted by Crippen LogP contribution is 1.95. The Kier molecular flexibility index (Phi) is 7.02. The third kappa shape index (κ3) is 8.11. The number of aliphatic hydroxyl groups excluding tert-OH is 1.